The SMILES string of the molecule is BCN(C)Cc1ccccc1. The first-order valence-corrected chi connectivity index (χ1v) is 4.05. The molecule has 0 bridgehead atoms. The first-order valence-electron chi connectivity index (χ1n) is 4.05. The summed E-state index contributed by atoms with van der Waals surface area (Å²) in [6, 6.07) is 10.5. The van der Waals surface area contributed by atoms with Gasteiger partial charge in [-0.15, -0.1) is 0 Å². The van der Waals surface area contributed by atoms with Crippen molar-refractivity contribution in [3.8, 4) is 0 Å². The molecule has 1 nitrogen and oxygen atoms in total. The summed E-state index contributed by atoms with van der Waals surface area (Å²) < 4.78 is 0. The normalized spacial score (nSPS) is 10.4. The minimum Gasteiger partial charge on any atom is -0.310 e. The van der Waals surface area contributed by atoms with Gasteiger partial charge in [0, 0.05) is 6.54 Å². The van der Waals surface area contributed by atoms with Gasteiger partial charge in [-0.05, 0) is 19.1 Å². The average Bonchev–Trinajstić information content (AvgIpc) is 2.06. The maximum atomic E-state index is 2.29. The van der Waals surface area contributed by atoms with Crippen LogP contribution in [0.15, 0.2) is 30.3 Å². The predicted octanol–water partition coefficient (Wildman–Crippen LogP) is 0.709. The molecule has 0 saturated heterocycles. The smallest absolute Gasteiger partial charge is 0.119 e. The van der Waals surface area contributed by atoms with E-state index in [9.17, 15) is 0 Å². The summed E-state index contributed by atoms with van der Waals surface area (Å²) in [6.45, 7) is 1.05. The molecule has 0 aromatic heterocycles. The van der Waals surface area contributed by atoms with Gasteiger partial charge in [-0.2, -0.15) is 0 Å². The lowest BCUT2D eigenvalue weighted by molar-refractivity contribution is 0.382. The van der Waals surface area contributed by atoms with E-state index in [0.29, 0.717) is 0 Å². The maximum absolute atomic E-state index is 2.29. The van der Waals surface area contributed by atoms with Crippen LogP contribution in [0.2, 0.25) is 0 Å². The molecule has 0 atom stereocenters. The molecule has 2 heteroatoms. The van der Waals surface area contributed by atoms with E-state index in [0.717, 1.165) is 13.0 Å². The quantitative estimate of drug-likeness (QED) is 0.569. The molecule has 0 aliphatic rings. The molecule has 0 fully saturated rings. The van der Waals surface area contributed by atoms with Crippen LogP contribution in [-0.2, 0) is 6.54 Å². The summed E-state index contributed by atoms with van der Waals surface area (Å²) >= 11 is 0. The van der Waals surface area contributed by atoms with E-state index in [1.54, 1.807) is 0 Å². The molecule has 11 heavy (non-hydrogen) atoms. The third-order valence-corrected chi connectivity index (χ3v) is 1.84. The third kappa shape index (κ3) is 2.77. The zero-order valence-corrected chi connectivity index (χ0v) is 7.25. The number of hydrogen-bond donors (Lipinski definition) is 0. The minimum absolute atomic E-state index is 1.05. The van der Waals surface area contributed by atoms with Crippen molar-refractivity contribution in [1.29, 1.82) is 0 Å². The van der Waals surface area contributed by atoms with Gasteiger partial charge >= 0.3 is 0 Å². The second-order valence-electron chi connectivity index (χ2n) is 2.82. The molecule has 0 saturated carbocycles. The largest absolute Gasteiger partial charge is 0.310 e. The van der Waals surface area contributed by atoms with Crippen molar-refractivity contribution < 1.29 is 0 Å². The van der Waals surface area contributed by atoms with Gasteiger partial charge in [0.1, 0.15) is 7.85 Å². The van der Waals surface area contributed by atoms with Gasteiger partial charge < -0.3 is 4.90 Å². The van der Waals surface area contributed by atoms with Crippen LogP contribution < -0.4 is 0 Å². The Balaban J connectivity index is 2.51. The van der Waals surface area contributed by atoms with Crippen molar-refractivity contribution in [3.63, 3.8) is 0 Å². The van der Waals surface area contributed by atoms with Crippen LogP contribution in [0.1, 0.15) is 5.56 Å². The summed E-state index contributed by atoms with van der Waals surface area (Å²) in [5, 5.41) is 0. The summed E-state index contributed by atoms with van der Waals surface area (Å²) in [4.78, 5) is 2.29. The van der Waals surface area contributed by atoms with E-state index in [1.165, 1.54) is 5.56 Å². The Bertz CT molecular complexity index is 198. The molecule has 0 aliphatic carbocycles. The number of nitrogens with zero attached hydrogens (tertiary/aromatic N) is 1. The lowest BCUT2D eigenvalue weighted by atomic mass is 10.1. The average molecular weight is 147 g/mol. The Morgan fingerprint density at radius 2 is 1.91 bits per heavy atom. The zero-order valence-electron chi connectivity index (χ0n) is 7.25. The molecule has 0 radical (unpaired) electrons. The Morgan fingerprint density at radius 1 is 1.27 bits per heavy atom. The molecule has 1 aromatic rings. The summed E-state index contributed by atoms with van der Waals surface area (Å²) in [5.74, 6) is 0. The van der Waals surface area contributed by atoms with Crippen LogP contribution >= 0.6 is 0 Å². The molecule has 0 aliphatic heterocycles. The number of rotatable bonds is 3. The Morgan fingerprint density at radius 3 is 2.45 bits per heavy atom. The maximum Gasteiger partial charge on any atom is 0.119 e. The predicted molar refractivity (Wildman–Crippen MR) is 51.3 cm³/mol. The summed E-state index contributed by atoms with van der Waals surface area (Å²) in [6.07, 6.45) is 1.11. The second kappa shape index (κ2) is 4.19. The van der Waals surface area contributed by atoms with Gasteiger partial charge in [-0.3, -0.25) is 0 Å². The topological polar surface area (TPSA) is 3.24 Å². The van der Waals surface area contributed by atoms with E-state index >= 15 is 0 Å². The standard InChI is InChI=1S/C9H14BN/c1-11(8-10)7-9-5-3-2-4-6-9/h2-6H,7-8,10H2,1H3. The van der Waals surface area contributed by atoms with Gasteiger partial charge in [-0.25, -0.2) is 0 Å². The number of hydrogen-bond acceptors (Lipinski definition) is 1. The van der Waals surface area contributed by atoms with Crippen molar-refractivity contribution in [1.82, 2.24) is 4.90 Å². The summed E-state index contributed by atoms with van der Waals surface area (Å²) in [5.41, 5.74) is 1.39. The lowest BCUT2D eigenvalue weighted by Gasteiger charge is -2.13. The minimum atomic E-state index is 1.05. The fourth-order valence-corrected chi connectivity index (χ4v) is 1.01. The molecule has 0 N–H and O–H groups in total. The van der Waals surface area contributed by atoms with Gasteiger partial charge in [0.05, 0.1) is 0 Å². The Hall–Kier alpha value is -0.755. The molecule has 1 rings (SSSR count). The monoisotopic (exact) mass is 147 g/mol. The van der Waals surface area contributed by atoms with Gasteiger partial charge in [0.25, 0.3) is 0 Å². The highest BCUT2D eigenvalue weighted by atomic mass is 15.1. The molecule has 0 unspecified atom stereocenters. The lowest BCUT2D eigenvalue weighted by Crippen LogP contribution is -2.18. The molecule has 0 heterocycles. The third-order valence-electron chi connectivity index (χ3n) is 1.84. The fourth-order valence-electron chi connectivity index (χ4n) is 1.01. The molecular weight excluding hydrogens is 133 g/mol. The first-order chi connectivity index (χ1) is 5.33. The van der Waals surface area contributed by atoms with Crippen LogP contribution in [0.4, 0.5) is 0 Å². The second-order valence-corrected chi connectivity index (χ2v) is 2.82. The molecule has 0 amide bonds. The van der Waals surface area contributed by atoms with Gasteiger partial charge in [-0.1, -0.05) is 30.3 Å². The van der Waals surface area contributed by atoms with E-state index < -0.39 is 0 Å². The highest BCUT2D eigenvalue weighted by Gasteiger charge is 1.94. The van der Waals surface area contributed by atoms with Crippen molar-refractivity contribution in [2.45, 2.75) is 6.54 Å². The molecule has 1 aromatic carbocycles. The van der Waals surface area contributed by atoms with Crippen LogP contribution in [0.25, 0.3) is 0 Å². The molecular formula is C9H14BN. The van der Waals surface area contributed by atoms with Crippen LogP contribution in [0, 0.1) is 0 Å². The number of benzene rings is 1. The highest BCUT2D eigenvalue weighted by Crippen LogP contribution is 2.00. The van der Waals surface area contributed by atoms with E-state index in [2.05, 4.69) is 50.1 Å². The van der Waals surface area contributed by atoms with Crippen LogP contribution in [0.3, 0.4) is 0 Å². The van der Waals surface area contributed by atoms with Crippen LogP contribution in [0.5, 0.6) is 0 Å². The highest BCUT2D eigenvalue weighted by molar-refractivity contribution is 6.08. The van der Waals surface area contributed by atoms with Crippen molar-refractivity contribution in [3.05, 3.63) is 35.9 Å². The van der Waals surface area contributed by atoms with E-state index in [-0.39, 0.29) is 0 Å². The Kier molecular flexibility index (Phi) is 3.18. The van der Waals surface area contributed by atoms with Gasteiger partial charge in [0.2, 0.25) is 0 Å². The fraction of sp³-hybridized carbons (Fsp3) is 0.333. The van der Waals surface area contributed by atoms with Crippen LogP contribution in [-0.4, -0.2) is 26.2 Å². The zero-order chi connectivity index (χ0) is 8.10. The molecule has 58 valence electrons. The van der Waals surface area contributed by atoms with E-state index in [4.69, 9.17) is 0 Å². The Labute approximate surface area is 69.4 Å². The van der Waals surface area contributed by atoms with E-state index in [1.807, 2.05) is 0 Å². The molecule has 0 spiro atoms. The van der Waals surface area contributed by atoms with Crippen molar-refractivity contribution in [2.24, 2.45) is 0 Å². The first kappa shape index (κ1) is 8.34. The summed E-state index contributed by atoms with van der Waals surface area (Å²) in [7, 11) is 4.30. The van der Waals surface area contributed by atoms with Crippen molar-refractivity contribution in [2.75, 3.05) is 13.5 Å². The van der Waals surface area contributed by atoms with Gasteiger partial charge in [0.15, 0.2) is 0 Å². The van der Waals surface area contributed by atoms with Crippen molar-refractivity contribution >= 4 is 7.85 Å².